The first kappa shape index (κ1) is 10.5. The van der Waals surface area contributed by atoms with Gasteiger partial charge in [0.25, 0.3) is 0 Å². The van der Waals surface area contributed by atoms with Crippen LogP contribution in [0.5, 0.6) is 0 Å². The van der Waals surface area contributed by atoms with Gasteiger partial charge in [-0.15, -0.1) is 0 Å². The van der Waals surface area contributed by atoms with E-state index in [1.165, 1.54) is 5.57 Å². The lowest BCUT2D eigenvalue weighted by Crippen LogP contribution is -2.32. The summed E-state index contributed by atoms with van der Waals surface area (Å²) in [5.41, 5.74) is 0.645. The van der Waals surface area contributed by atoms with E-state index in [0.29, 0.717) is 0 Å². The van der Waals surface area contributed by atoms with Crippen molar-refractivity contribution >= 4 is 0 Å². The molecule has 0 saturated heterocycles. The van der Waals surface area contributed by atoms with Crippen LogP contribution in [0.1, 0.15) is 13.8 Å². The second kappa shape index (κ2) is 3.64. The molecule has 1 rings (SSSR count). The molecule has 1 aliphatic rings. The van der Waals surface area contributed by atoms with Crippen LogP contribution < -0.4 is 0 Å². The molecule has 13 heavy (non-hydrogen) atoms. The second-order valence-corrected chi connectivity index (χ2v) is 4.50. The number of hydrogen-bond acceptors (Lipinski definition) is 2. The van der Waals surface area contributed by atoms with Crippen molar-refractivity contribution in [1.29, 1.82) is 0 Å². The van der Waals surface area contributed by atoms with Crippen molar-refractivity contribution in [3.8, 4) is 0 Å². The van der Waals surface area contributed by atoms with E-state index < -0.39 is 5.60 Å². The van der Waals surface area contributed by atoms with Crippen molar-refractivity contribution in [3.63, 3.8) is 0 Å². The molecule has 0 saturated carbocycles. The molecular weight excluding hydrogens is 162 g/mol. The Balaban J connectivity index is 2.68. The fourth-order valence-electron chi connectivity index (χ4n) is 1.72. The summed E-state index contributed by atoms with van der Waals surface area (Å²) in [4.78, 5) is 2.12. The van der Waals surface area contributed by atoms with Gasteiger partial charge in [-0.1, -0.05) is 18.2 Å². The highest BCUT2D eigenvalue weighted by Gasteiger charge is 2.29. The Labute approximate surface area is 80.6 Å². The molecule has 0 amide bonds. The quantitative estimate of drug-likeness (QED) is 0.712. The van der Waals surface area contributed by atoms with Crippen molar-refractivity contribution in [3.05, 3.63) is 23.8 Å². The van der Waals surface area contributed by atoms with Gasteiger partial charge in [0.2, 0.25) is 0 Å². The number of allylic oxidation sites excluding steroid dienone is 2. The molecule has 1 unspecified atom stereocenters. The minimum atomic E-state index is -0.644. The SMILES string of the molecule is CN(C)CC1=CC=CC1C(C)(C)O. The third kappa shape index (κ3) is 2.68. The smallest absolute Gasteiger partial charge is 0.0691 e. The van der Waals surface area contributed by atoms with Crippen molar-refractivity contribution in [2.75, 3.05) is 20.6 Å². The highest BCUT2D eigenvalue weighted by molar-refractivity contribution is 5.31. The third-order valence-corrected chi connectivity index (χ3v) is 2.27. The first-order chi connectivity index (χ1) is 5.91. The van der Waals surface area contributed by atoms with E-state index in [0.717, 1.165) is 6.54 Å². The van der Waals surface area contributed by atoms with Crippen molar-refractivity contribution in [1.82, 2.24) is 4.90 Å². The van der Waals surface area contributed by atoms with Crippen LogP contribution in [-0.2, 0) is 0 Å². The first-order valence-corrected chi connectivity index (χ1v) is 4.65. The van der Waals surface area contributed by atoms with Crippen LogP contribution in [-0.4, -0.2) is 36.2 Å². The Bertz CT molecular complexity index is 233. The molecule has 0 aromatic rings. The van der Waals surface area contributed by atoms with Crippen LogP contribution in [0, 0.1) is 5.92 Å². The number of rotatable bonds is 3. The summed E-state index contributed by atoms with van der Waals surface area (Å²) in [6.07, 6.45) is 6.20. The van der Waals surface area contributed by atoms with E-state index in [9.17, 15) is 5.11 Å². The van der Waals surface area contributed by atoms with Gasteiger partial charge in [-0.2, -0.15) is 0 Å². The second-order valence-electron chi connectivity index (χ2n) is 4.50. The zero-order valence-corrected chi connectivity index (χ0v) is 8.91. The van der Waals surface area contributed by atoms with Gasteiger partial charge in [0.1, 0.15) is 0 Å². The normalized spacial score (nSPS) is 22.6. The molecule has 0 aliphatic heterocycles. The number of aliphatic hydroxyl groups is 1. The number of hydrogen-bond donors (Lipinski definition) is 1. The van der Waals surface area contributed by atoms with Gasteiger partial charge < -0.3 is 10.0 Å². The molecule has 0 aromatic carbocycles. The average Bonchev–Trinajstić information content (AvgIpc) is 2.31. The predicted molar refractivity (Wildman–Crippen MR) is 55.6 cm³/mol. The molecule has 1 atom stereocenters. The molecule has 0 spiro atoms. The molecule has 74 valence electrons. The molecule has 2 nitrogen and oxygen atoms in total. The van der Waals surface area contributed by atoms with Gasteiger partial charge in [-0.25, -0.2) is 0 Å². The third-order valence-electron chi connectivity index (χ3n) is 2.27. The van der Waals surface area contributed by atoms with Crippen molar-refractivity contribution in [2.45, 2.75) is 19.4 Å². The molecule has 0 radical (unpaired) electrons. The molecule has 0 fully saturated rings. The van der Waals surface area contributed by atoms with Gasteiger partial charge in [0, 0.05) is 12.5 Å². The molecule has 0 aromatic heterocycles. The maximum atomic E-state index is 9.89. The van der Waals surface area contributed by atoms with Crippen LogP contribution in [0.25, 0.3) is 0 Å². The van der Waals surface area contributed by atoms with Crippen LogP contribution in [0.2, 0.25) is 0 Å². The molecular formula is C11H19NO. The minimum absolute atomic E-state index is 0.176. The Morgan fingerprint density at radius 2 is 2.08 bits per heavy atom. The maximum Gasteiger partial charge on any atom is 0.0691 e. The van der Waals surface area contributed by atoms with Gasteiger partial charge >= 0.3 is 0 Å². The van der Waals surface area contributed by atoms with E-state index >= 15 is 0 Å². The van der Waals surface area contributed by atoms with E-state index in [-0.39, 0.29) is 5.92 Å². The largest absolute Gasteiger partial charge is 0.390 e. The number of likely N-dealkylation sites (N-methyl/N-ethyl adjacent to an activating group) is 1. The molecule has 0 heterocycles. The van der Waals surface area contributed by atoms with Crippen molar-refractivity contribution < 1.29 is 5.11 Å². The van der Waals surface area contributed by atoms with E-state index in [2.05, 4.69) is 17.1 Å². The van der Waals surface area contributed by atoms with Crippen LogP contribution in [0.4, 0.5) is 0 Å². The van der Waals surface area contributed by atoms with E-state index in [1.54, 1.807) is 0 Å². The zero-order valence-electron chi connectivity index (χ0n) is 8.91. The minimum Gasteiger partial charge on any atom is -0.390 e. The van der Waals surface area contributed by atoms with Crippen molar-refractivity contribution in [2.24, 2.45) is 5.92 Å². The van der Waals surface area contributed by atoms with Gasteiger partial charge in [0.15, 0.2) is 0 Å². The van der Waals surface area contributed by atoms with Crippen LogP contribution in [0.15, 0.2) is 23.8 Å². The summed E-state index contributed by atoms with van der Waals surface area (Å²) < 4.78 is 0. The van der Waals surface area contributed by atoms with Crippen LogP contribution in [0.3, 0.4) is 0 Å². The standard InChI is InChI=1S/C11H19NO/c1-11(2,13)10-7-5-6-9(10)8-12(3)4/h5-7,10,13H,8H2,1-4H3. The monoisotopic (exact) mass is 181 g/mol. The highest BCUT2D eigenvalue weighted by atomic mass is 16.3. The summed E-state index contributed by atoms with van der Waals surface area (Å²) in [5, 5.41) is 9.89. The fraction of sp³-hybridized carbons (Fsp3) is 0.636. The summed E-state index contributed by atoms with van der Waals surface area (Å²) in [6.45, 7) is 4.63. The molecule has 1 N–H and O–H groups in total. The topological polar surface area (TPSA) is 23.5 Å². The lowest BCUT2D eigenvalue weighted by atomic mass is 9.86. The Kier molecular flexibility index (Phi) is 2.94. The summed E-state index contributed by atoms with van der Waals surface area (Å²) in [6, 6.07) is 0. The van der Waals surface area contributed by atoms with Gasteiger partial charge in [-0.3, -0.25) is 0 Å². The Morgan fingerprint density at radius 3 is 2.54 bits per heavy atom. The van der Waals surface area contributed by atoms with Gasteiger partial charge in [0.05, 0.1) is 5.60 Å². The lowest BCUT2D eigenvalue weighted by molar-refractivity contribution is 0.0494. The molecule has 2 heteroatoms. The van der Waals surface area contributed by atoms with E-state index in [1.807, 2.05) is 34.0 Å². The average molecular weight is 181 g/mol. The molecule has 0 bridgehead atoms. The van der Waals surface area contributed by atoms with E-state index in [4.69, 9.17) is 0 Å². The Morgan fingerprint density at radius 1 is 1.46 bits per heavy atom. The number of nitrogens with zero attached hydrogens (tertiary/aromatic N) is 1. The Hall–Kier alpha value is -0.600. The first-order valence-electron chi connectivity index (χ1n) is 4.65. The highest BCUT2D eigenvalue weighted by Crippen LogP contribution is 2.29. The lowest BCUT2D eigenvalue weighted by Gasteiger charge is -2.28. The predicted octanol–water partition coefficient (Wildman–Crippen LogP) is 1.43. The zero-order chi connectivity index (χ0) is 10.1. The summed E-state index contributed by atoms with van der Waals surface area (Å²) >= 11 is 0. The van der Waals surface area contributed by atoms with Crippen LogP contribution >= 0.6 is 0 Å². The fourth-order valence-corrected chi connectivity index (χ4v) is 1.72. The van der Waals surface area contributed by atoms with Gasteiger partial charge in [-0.05, 0) is 33.5 Å². The summed E-state index contributed by atoms with van der Waals surface area (Å²) in [7, 11) is 4.08. The maximum absolute atomic E-state index is 9.89. The summed E-state index contributed by atoms with van der Waals surface area (Å²) in [5.74, 6) is 0.176. The molecule has 1 aliphatic carbocycles.